The average molecular weight is 345 g/mol. The second-order valence-electron chi connectivity index (χ2n) is 3.56. The molecule has 0 atom stereocenters. The molecule has 0 amide bonds. The fourth-order valence-corrected chi connectivity index (χ4v) is 1.87. The van der Waals surface area contributed by atoms with Crippen molar-refractivity contribution >= 4 is 33.2 Å². The molecular formula is C11H7BrClN3O3. The monoisotopic (exact) mass is 343 g/mol. The summed E-state index contributed by atoms with van der Waals surface area (Å²) in [5.41, 5.74) is 0.392. The van der Waals surface area contributed by atoms with Gasteiger partial charge >= 0.3 is 5.69 Å². The Kier molecular flexibility index (Phi) is 3.96. The summed E-state index contributed by atoms with van der Waals surface area (Å²) in [6.07, 6.45) is 1.21. The Labute approximate surface area is 121 Å². The molecule has 0 saturated heterocycles. The molecule has 1 aromatic heterocycles. The third-order valence-electron chi connectivity index (χ3n) is 2.30. The number of nitro benzene ring substituents is 1. The number of hydrogen-bond acceptors (Lipinski definition) is 5. The lowest BCUT2D eigenvalue weighted by molar-refractivity contribution is -0.386. The maximum Gasteiger partial charge on any atom is 0.314 e. The summed E-state index contributed by atoms with van der Waals surface area (Å²) >= 11 is 8.97. The number of aryl methyl sites for hydroxylation is 1. The molecule has 98 valence electrons. The van der Waals surface area contributed by atoms with Crippen molar-refractivity contribution < 1.29 is 9.66 Å². The van der Waals surface area contributed by atoms with Crippen LogP contribution in [0.4, 0.5) is 5.69 Å². The predicted octanol–water partition coefficient (Wildman–Crippen LogP) is 3.90. The highest BCUT2D eigenvalue weighted by Gasteiger charge is 2.20. The van der Waals surface area contributed by atoms with Gasteiger partial charge in [-0.3, -0.25) is 10.1 Å². The quantitative estimate of drug-likeness (QED) is 0.479. The van der Waals surface area contributed by atoms with Crippen molar-refractivity contribution in [3.8, 4) is 11.6 Å². The van der Waals surface area contributed by atoms with Crippen molar-refractivity contribution in [1.29, 1.82) is 0 Å². The number of para-hydroxylation sites is 1. The maximum absolute atomic E-state index is 11.0. The third-order valence-corrected chi connectivity index (χ3v) is 3.53. The van der Waals surface area contributed by atoms with E-state index in [9.17, 15) is 10.1 Å². The van der Waals surface area contributed by atoms with Gasteiger partial charge in [0.05, 0.1) is 4.92 Å². The topological polar surface area (TPSA) is 78.2 Å². The van der Waals surface area contributed by atoms with Crippen LogP contribution in [0.1, 0.15) is 5.56 Å². The molecule has 0 spiro atoms. The van der Waals surface area contributed by atoms with Crippen LogP contribution in [0, 0.1) is 17.0 Å². The number of halogens is 2. The van der Waals surface area contributed by atoms with Crippen LogP contribution >= 0.6 is 27.5 Å². The lowest BCUT2D eigenvalue weighted by Gasteiger charge is -2.08. The number of aromatic nitrogens is 2. The van der Waals surface area contributed by atoms with Crippen molar-refractivity contribution in [3.63, 3.8) is 0 Å². The molecule has 0 fully saturated rings. The Hall–Kier alpha value is -1.73. The van der Waals surface area contributed by atoms with Crippen molar-refractivity contribution in [2.45, 2.75) is 6.92 Å². The molecule has 0 aliphatic rings. The number of benzene rings is 1. The maximum atomic E-state index is 11.0. The second-order valence-corrected chi connectivity index (χ2v) is 4.72. The molecule has 0 radical (unpaired) electrons. The van der Waals surface area contributed by atoms with Gasteiger partial charge in [0, 0.05) is 5.56 Å². The van der Waals surface area contributed by atoms with Gasteiger partial charge in [-0.15, -0.1) is 0 Å². The zero-order valence-corrected chi connectivity index (χ0v) is 12.0. The van der Waals surface area contributed by atoms with Gasteiger partial charge in [0.15, 0.2) is 5.15 Å². The van der Waals surface area contributed by atoms with Crippen molar-refractivity contribution in [3.05, 3.63) is 49.8 Å². The number of hydrogen-bond donors (Lipinski definition) is 0. The van der Waals surface area contributed by atoms with Crippen LogP contribution in [0.2, 0.25) is 5.15 Å². The molecule has 2 rings (SSSR count). The van der Waals surface area contributed by atoms with Gasteiger partial charge in [-0.05, 0) is 28.9 Å². The van der Waals surface area contributed by atoms with Crippen molar-refractivity contribution in [1.82, 2.24) is 9.97 Å². The van der Waals surface area contributed by atoms with E-state index in [0.29, 0.717) is 10.0 Å². The molecule has 0 aliphatic carbocycles. The lowest BCUT2D eigenvalue weighted by atomic mass is 10.2. The Balaban J connectivity index is 2.47. The smallest absolute Gasteiger partial charge is 0.314 e. The summed E-state index contributed by atoms with van der Waals surface area (Å²) in [5.74, 6) is 0.217. The summed E-state index contributed by atoms with van der Waals surface area (Å²) in [7, 11) is 0. The van der Waals surface area contributed by atoms with Crippen LogP contribution in [0.5, 0.6) is 11.6 Å². The van der Waals surface area contributed by atoms with Gasteiger partial charge in [-0.1, -0.05) is 23.7 Å². The van der Waals surface area contributed by atoms with Gasteiger partial charge in [0.1, 0.15) is 10.8 Å². The minimum atomic E-state index is -0.499. The standard InChI is InChI=1S/C11H7BrClN3O3/c1-6-3-2-4-7(9(6)16(17)18)19-11-8(12)10(13)14-5-15-11/h2-5H,1H3. The van der Waals surface area contributed by atoms with E-state index in [-0.39, 0.29) is 22.5 Å². The molecular weight excluding hydrogens is 337 g/mol. The first-order valence-corrected chi connectivity index (χ1v) is 6.25. The predicted molar refractivity (Wildman–Crippen MR) is 72.6 cm³/mol. The molecule has 6 nitrogen and oxygen atoms in total. The first-order chi connectivity index (χ1) is 9.00. The fraction of sp³-hybridized carbons (Fsp3) is 0.0909. The van der Waals surface area contributed by atoms with E-state index in [1.165, 1.54) is 12.4 Å². The van der Waals surface area contributed by atoms with Crippen LogP contribution in [-0.4, -0.2) is 14.9 Å². The zero-order chi connectivity index (χ0) is 14.0. The number of rotatable bonds is 3. The number of ether oxygens (including phenoxy) is 1. The molecule has 0 saturated carbocycles. The summed E-state index contributed by atoms with van der Waals surface area (Å²) in [6.45, 7) is 1.63. The summed E-state index contributed by atoms with van der Waals surface area (Å²) in [4.78, 5) is 18.2. The first-order valence-electron chi connectivity index (χ1n) is 5.08. The number of nitrogens with zero attached hydrogens (tertiary/aromatic N) is 3. The minimum Gasteiger partial charge on any atom is -0.430 e. The van der Waals surface area contributed by atoms with E-state index in [2.05, 4.69) is 25.9 Å². The van der Waals surface area contributed by atoms with E-state index in [1.54, 1.807) is 19.1 Å². The van der Waals surface area contributed by atoms with Crippen LogP contribution in [0.15, 0.2) is 29.0 Å². The van der Waals surface area contributed by atoms with Gasteiger partial charge in [0.2, 0.25) is 11.6 Å². The normalized spacial score (nSPS) is 10.3. The highest BCUT2D eigenvalue weighted by molar-refractivity contribution is 9.10. The van der Waals surface area contributed by atoms with Crippen LogP contribution in [-0.2, 0) is 0 Å². The van der Waals surface area contributed by atoms with Crippen molar-refractivity contribution in [2.24, 2.45) is 0 Å². The highest BCUT2D eigenvalue weighted by atomic mass is 79.9. The minimum absolute atomic E-state index is 0.0977. The summed E-state index contributed by atoms with van der Waals surface area (Å²) in [5, 5.41) is 11.2. The molecule has 8 heteroatoms. The number of nitro groups is 1. The molecule has 0 N–H and O–H groups in total. The SMILES string of the molecule is Cc1cccc(Oc2ncnc(Cl)c2Br)c1[N+](=O)[O-]. The lowest BCUT2D eigenvalue weighted by Crippen LogP contribution is -1.98. The van der Waals surface area contributed by atoms with Gasteiger partial charge in [-0.2, -0.15) is 0 Å². The Bertz CT molecular complexity index is 651. The highest BCUT2D eigenvalue weighted by Crippen LogP contribution is 2.37. The third kappa shape index (κ3) is 2.82. The van der Waals surface area contributed by atoms with E-state index < -0.39 is 4.92 Å². The van der Waals surface area contributed by atoms with Crippen LogP contribution in [0.25, 0.3) is 0 Å². The molecule has 1 heterocycles. The van der Waals surface area contributed by atoms with Gasteiger partial charge < -0.3 is 4.74 Å². The van der Waals surface area contributed by atoms with Crippen LogP contribution in [0.3, 0.4) is 0 Å². The molecule has 0 bridgehead atoms. The molecule has 1 aromatic carbocycles. The van der Waals surface area contributed by atoms with E-state index in [0.717, 1.165) is 0 Å². The zero-order valence-electron chi connectivity index (χ0n) is 9.63. The van der Waals surface area contributed by atoms with E-state index in [4.69, 9.17) is 16.3 Å². The Morgan fingerprint density at radius 2 is 2.16 bits per heavy atom. The fourth-order valence-electron chi connectivity index (χ4n) is 1.46. The largest absolute Gasteiger partial charge is 0.430 e. The Morgan fingerprint density at radius 1 is 1.42 bits per heavy atom. The van der Waals surface area contributed by atoms with Gasteiger partial charge in [0.25, 0.3) is 0 Å². The molecule has 19 heavy (non-hydrogen) atoms. The molecule has 0 unspecified atom stereocenters. The Morgan fingerprint density at radius 3 is 2.84 bits per heavy atom. The summed E-state index contributed by atoms with van der Waals surface area (Å²) < 4.78 is 5.78. The van der Waals surface area contributed by atoms with Gasteiger partial charge in [-0.25, -0.2) is 9.97 Å². The first kappa shape index (κ1) is 13.7. The average Bonchev–Trinajstić information content (AvgIpc) is 2.34. The van der Waals surface area contributed by atoms with Crippen LogP contribution < -0.4 is 4.74 Å². The molecule has 0 aliphatic heterocycles. The second kappa shape index (κ2) is 5.50. The van der Waals surface area contributed by atoms with E-state index in [1.807, 2.05) is 0 Å². The van der Waals surface area contributed by atoms with Crippen molar-refractivity contribution in [2.75, 3.05) is 0 Å². The molecule has 2 aromatic rings. The summed E-state index contributed by atoms with van der Waals surface area (Å²) in [6, 6.07) is 4.79. The van der Waals surface area contributed by atoms with E-state index >= 15 is 0 Å².